The van der Waals surface area contributed by atoms with E-state index in [0.29, 0.717) is 18.9 Å². The summed E-state index contributed by atoms with van der Waals surface area (Å²) in [6, 6.07) is 8.92. The molecule has 1 heterocycles. The van der Waals surface area contributed by atoms with Crippen molar-refractivity contribution in [2.24, 2.45) is 5.92 Å². The third-order valence-corrected chi connectivity index (χ3v) is 5.01. The fourth-order valence-electron chi connectivity index (χ4n) is 3.21. The highest BCUT2D eigenvalue weighted by molar-refractivity contribution is 5.88. The minimum atomic E-state index is -0.455. The van der Waals surface area contributed by atoms with Gasteiger partial charge < -0.3 is 15.0 Å². The summed E-state index contributed by atoms with van der Waals surface area (Å²) >= 11 is 0. The minimum Gasteiger partial charge on any atom is -0.459 e. The van der Waals surface area contributed by atoms with Crippen LogP contribution in [0.5, 0.6) is 0 Å². The van der Waals surface area contributed by atoms with Crippen LogP contribution < -0.4 is 5.32 Å². The number of carbonyl (C=O) groups excluding carboxylic acids is 2. The zero-order chi connectivity index (χ0) is 18.2. The van der Waals surface area contributed by atoms with Gasteiger partial charge in [-0.05, 0) is 37.8 Å². The van der Waals surface area contributed by atoms with Crippen molar-refractivity contribution >= 4 is 11.9 Å². The lowest BCUT2D eigenvalue weighted by molar-refractivity contribution is -0.155. The second kappa shape index (κ2) is 9.56. The predicted octanol–water partition coefficient (Wildman–Crippen LogP) is 2.75. The molecular formula is C20H30N2O3. The Kier molecular flexibility index (Phi) is 7.44. The first-order valence-electron chi connectivity index (χ1n) is 9.25. The maximum atomic E-state index is 12.9. The molecule has 1 aromatic rings. The number of hydrogen-bond acceptors (Lipinski definition) is 4. The van der Waals surface area contributed by atoms with Crippen LogP contribution in [0.3, 0.4) is 0 Å². The molecule has 0 spiro atoms. The van der Waals surface area contributed by atoms with E-state index in [4.69, 9.17) is 4.74 Å². The van der Waals surface area contributed by atoms with Gasteiger partial charge in [-0.2, -0.15) is 0 Å². The molecule has 0 radical (unpaired) electrons. The minimum absolute atomic E-state index is 0.0157. The SMILES string of the molecule is CCC(C)CC(NC)C(=O)N1CCCC1C(=O)OCc1ccccc1. The number of likely N-dealkylation sites (N-methyl/N-ethyl adjacent to an activating group) is 1. The van der Waals surface area contributed by atoms with E-state index >= 15 is 0 Å². The van der Waals surface area contributed by atoms with Crippen molar-refractivity contribution in [2.45, 2.75) is 58.2 Å². The smallest absolute Gasteiger partial charge is 0.329 e. The average molecular weight is 346 g/mol. The Labute approximate surface area is 150 Å². The molecule has 5 nitrogen and oxygen atoms in total. The van der Waals surface area contributed by atoms with Crippen LogP contribution in [0.15, 0.2) is 30.3 Å². The summed E-state index contributed by atoms with van der Waals surface area (Å²) in [5.41, 5.74) is 0.955. The van der Waals surface area contributed by atoms with Crippen LogP contribution in [0, 0.1) is 5.92 Å². The number of ether oxygens (including phenoxy) is 1. The van der Waals surface area contributed by atoms with Gasteiger partial charge in [0.05, 0.1) is 6.04 Å². The highest BCUT2D eigenvalue weighted by atomic mass is 16.5. The van der Waals surface area contributed by atoms with Crippen LogP contribution >= 0.6 is 0 Å². The first kappa shape index (κ1) is 19.4. The van der Waals surface area contributed by atoms with Gasteiger partial charge in [0, 0.05) is 6.54 Å². The van der Waals surface area contributed by atoms with E-state index in [0.717, 1.165) is 24.8 Å². The van der Waals surface area contributed by atoms with E-state index in [1.54, 1.807) is 4.90 Å². The van der Waals surface area contributed by atoms with Gasteiger partial charge >= 0.3 is 5.97 Å². The lowest BCUT2D eigenvalue weighted by Crippen LogP contribution is -2.50. The van der Waals surface area contributed by atoms with Crippen molar-refractivity contribution in [3.63, 3.8) is 0 Å². The molecule has 1 amide bonds. The lowest BCUT2D eigenvalue weighted by Gasteiger charge is -2.28. The number of rotatable bonds is 8. The van der Waals surface area contributed by atoms with Gasteiger partial charge in [0.15, 0.2) is 0 Å². The van der Waals surface area contributed by atoms with Crippen LogP contribution in [-0.4, -0.2) is 42.5 Å². The molecule has 0 aromatic heterocycles. The molecule has 138 valence electrons. The van der Waals surface area contributed by atoms with Crippen molar-refractivity contribution in [2.75, 3.05) is 13.6 Å². The largest absolute Gasteiger partial charge is 0.459 e. The number of nitrogens with one attached hydrogen (secondary N) is 1. The molecule has 1 aliphatic heterocycles. The Bertz CT molecular complexity index is 561. The van der Waals surface area contributed by atoms with Crippen molar-refractivity contribution < 1.29 is 14.3 Å². The number of benzene rings is 1. The van der Waals surface area contributed by atoms with Crippen LogP contribution in [-0.2, 0) is 20.9 Å². The Hall–Kier alpha value is -1.88. The second-order valence-electron chi connectivity index (χ2n) is 6.87. The van der Waals surface area contributed by atoms with Gasteiger partial charge in [-0.15, -0.1) is 0 Å². The first-order chi connectivity index (χ1) is 12.1. The fourth-order valence-corrected chi connectivity index (χ4v) is 3.21. The van der Waals surface area contributed by atoms with Crippen molar-refractivity contribution in [1.82, 2.24) is 10.2 Å². The van der Waals surface area contributed by atoms with E-state index in [9.17, 15) is 9.59 Å². The molecule has 3 atom stereocenters. The molecule has 1 aromatic carbocycles. The quantitative estimate of drug-likeness (QED) is 0.736. The number of amides is 1. The fraction of sp³-hybridized carbons (Fsp3) is 0.600. The van der Waals surface area contributed by atoms with E-state index < -0.39 is 6.04 Å². The third kappa shape index (κ3) is 5.30. The molecular weight excluding hydrogens is 316 g/mol. The van der Waals surface area contributed by atoms with Gasteiger partial charge in [0.2, 0.25) is 5.91 Å². The second-order valence-corrected chi connectivity index (χ2v) is 6.87. The zero-order valence-electron chi connectivity index (χ0n) is 15.5. The lowest BCUT2D eigenvalue weighted by atomic mass is 9.98. The van der Waals surface area contributed by atoms with Crippen LogP contribution in [0.2, 0.25) is 0 Å². The Morgan fingerprint density at radius 3 is 2.68 bits per heavy atom. The van der Waals surface area contributed by atoms with Crippen molar-refractivity contribution in [1.29, 1.82) is 0 Å². The van der Waals surface area contributed by atoms with Gasteiger partial charge in [-0.1, -0.05) is 50.6 Å². The summed E-state index contributed by atoms with van der Waals surface area (Å²) in [7, 11) is 1.81. The summed E-state index contributed by atoms with van der Waals surface area (Å²) in [6.07, 6.45) is 3.35. The van der Waals surface area contributed by atoms with E-state index in [1.165, 1.54) is 0 Å². The number of likely N-dealkylation sites (tertiary alicyclic amines) is 1. The van der Waals surface area contributed by atoms with Crippen LogP contribution in [0.4, 0.5) is 0 Å². The predicted molar refractivity (Wildman–Crippen MR) is 97.9 cm³/mol. The molecule has 3 unspecified atom stereocenters. The van der Waals surface area contributed by atoms with Crippen molar-refractivity contribution in [3.05, 3.63) is 35.9 Å². The Morgan fingerprint density at radius 2 is 2.04 bits per heavy atom. The summed E-state index contributed by atoms with van der Waals surface area (Å²) in [5.74, 6) is 0.183. The average Bonchev–Trinajstić information content (AvgIpc) is 3.14. The molecule has 0 saturated carbocycles. The number of nitrogens with zero attached hydrogens (tertiary/aromatic N) is 1. The van der Waals surface area contributed by atoms with Crippen LogP contribution in [0.25, 0.3) is 0 Å². The van der Waals surface area contributed by atoms with Gasteiger partial charge in [0.1, 0.15) is 12.6 Å². The molecule has 1 aliphatic rings. The summed E-state index contributed by atoms with van der Waals surface area (Å²) in [4.78, 5) is 27.1. The zero-order valence-corrected chi connectivity index (χ0v) is 15.5. The number of carbonyl (C=O) groups is 2. The first-order valence-corrected chi connectivity index (χ1v) is 9.25. The molecule has 2 rings (SSSR count). The maximum Gasteiger partial charge on any atom is 0.329 e. The molecule has 0 bridgehead atoms. The molecule has 25 heavy (non-hydrogen) atoms. The number of hydrogen-bond donors (Lipinski definition) is 1. The third-order valence-electron chi connectivity index (χ3n) is 5.01. The summed E-state index contributed by atoms with van der Waals surface area (Å²) in [5, 5.41) is 3.12. The topological polar surface area (TPSA) is 58.6 Å². The molecule has 1 saturated heterocycles. The highest BCUT2D eigenvalue weighted by Crippen LogP contribution is 2.22. The standard InChI is InChI=1S/C20H30N2O3/c1-4-15(2)13-17(21-3)19(23)22-12-8-11-18(22)20(24)25-14-16-9-6-5-7-10-16/h5-7,9-10,15,17-18,21H,4,8,11-14H2,1-3H3. The number of esters is 1. The highest BCUT2D eigenvalue weighted by Gasteiger charge is 2.37. The Balaban J connectivity index is 1.95. The molecule has 1 N–H and O–H groups in total. The van der Waals surface area contributed by atoms with E-state index in [-0.39, 0.29) is 24.5 Å². The van der Waals surface area contributed by atoms with Gasteiger partial charge in [0.25, 0.3) is 0 Å². The van der Waals surface area contributed by atoms with Crippen LogP contribution in [0.1, 0.15) is 45.1 Å². The van der Waals surface area contributed by atoms with Crippen molar-refractivity contribution in [3.8, 4) is 0 Å². The molecule has 5 heteroatoms. The van der Waals surface area contributed by atoms with E-state index in [1.807, 2.05) is 37.4 Å². The molecule has 0 aliphatic carbocycles. The Morgan fingerprint density at radius 1 is 1.32 bits per heavy atom. The summed E-state index contributed by atoms with van der Waals surface area (Å²) in [6.45, 7) is 5.15. The van der Waals surface area contributed by atoms with Gasteiger partial charge in [-0.3, -0.25) is 4.79 Å². The van der Waals surface area contributed by atoms with Gasteiger partial charge in [-0.25, -0.2) is 4.79 Å². The maximum absolute atomic E-state index is 12.9. The van der Waals surface area contributed by atoms with E-state index in [2.05, 4.69) is 19.2 Å². The monoisotopic (exact) mass is 346 g/mol. The summed E-state index contributed by atoms with van der Waals surface area (Å²) < 4.78 is 5.45. The normalized spacial score (nSPS) is 19.5. The molecule has 1 fully saturated rings.